The van der Waals surface area contributed by atoms with Gasteiger partial charge in [-0.25, -0.2) is 4.98 Å². The first-order valence-electron chi connectivity index (χ1n) is 10.4. The highest BCUT2D eigenvalue weighted by Crippen LogP contribution is 2.37. The minimum Gasteiger partial charge on any atom is -0.497 e. The predicted molar refractivity (Wildman–Crippen MR) is 122 cm³/mol. The van der Waals surface area contributed by atoms with E-state index in [1.54, 1.807) is 19.2 Å². The number of nitrogens with one attached hydrogen (secondary N) is 2. The molecule has 1 aromatic heterocycles. The van der Waals surface area contributed by atoms with E-state index in [0.717, 1.165) is 47.6 Å². The maximum Gasteiger partial charge on any atom is 0.257 e. The van der Waals surface area contributed by atoms with Crippen molar-refractivity contribution in [3.8, 4) is 5.75 Å². The summed E-state index contributed by atoms with van der Waals surface area (Å²) < 4.78 is 5.25. The van der Waals surface area contributed by atoms with Crippen molar-refractivity contribution in [2.45, 2.75) is 31.6 Å². The summed E-state index contributed by atoms with van der Waals surface area (Å²) in [5, 5.41) is 6.48. The number of aromatic nitrogens is 1. The highest BCUT2D eigenvalue weighted by Gasteiger charge is 2.30. The average molecular weight is 436 g/mol. The molecule has 2 N–H and O–H groups in total. The van der Waals surface area contributed by atoms with E-state index in [0.29, 0.717) is 17.2 Å². The Morgan fingerprint density at radius 2 is 2.00 bits per heavy atom. The van der Waals surface area contributed by atoms with Crippen molar-refractivity contribution in [3.05, 3.63) is 76.3 Å². The molecule has 1 aliphatic rings. The third-order valence-electron chi connectivity index (χ3n) is 5.37. The molecule has 3 aromatic rings. The Kier molecular flexibility index (Phi) is 6.62. The van der Waals surface area contributed by atoms with E-state index in [2.05, 4.69) is 15.6 Å². The van der Waals surface area contributed by atoms with Gasteiger partial charge in [0.2, 0.25) is 5.91 Å². The molecular weight excluding hydrogens is 410 g/mol. The number of rotatable bonds is 7. The third-order valence-corrected chi connectivity index (χ3v) is 6.42. The quantitative estimate of drug-likeness (QED) is 0.583. The summed E-state index contributed by atoms with van der Waals surface area (Å²) >= 11 is 1.47. The number of carbonyl (C=O) groups is 2. The fourth-order valence-corrected chi connectivity index (χ4v) is 4.83. The fraction of sp³-hybridized carbons (Fsp3) is 0.292. The lowest BCUT2D eigenvalue weighted by Gasteiger charge is -2.20. The molecule has 0 bridgehead atoms. The van der Waals surface area contributed by atoms with Crippen LogP contribution in [0, 0.1) is 0 Å². The zero-order chi connectivity index (χ0) is 21.6. The molecule has 1 aliphatic carbocycles. The Balaban J connectivity index is 1.38. The van der Waals surface area contributed by atoms with Crippen LogP contribution in [0.15, 0.2) is 54.6 Å². The molecular formula is C24H25N3O3S. The monoisotopic (exact) mass is 435 g/mol. The summed E-state index contributed by atoms with van der Waals surface area (Å²) in [6.45, 7) is 0.555. The maximum atomic E-state index is 12.9. The van der Waals surface area contributed by atoms with Gasteiger partial charge >= 0.3 is 0 Å². The zero-order valence-corrected chi connectivity index (χ0v) is 18.2. The van der Waals surface area contributed by atoms with Gasteiger partial charge in [-0.3, -0.25) is 14.9 Å². The molecule has 4 rings (SSSR count). The van der Waals surface area contributed by atoms with Gasteiger partial charge in [-0.2, -0.15) is 0 Å². The predicted octanol–water partition coefficient (Wildman–Crippen LogP) is 4.18. The Labute approximate surface area is 185 Å². The zero-order valence-electron chi connectivity index (χ0n) is 17.4. The van der Waals surface area contributed by atoms with Crippen LogP contribution in [-0.4, -0.2) is 30.5 Å². The molecule has 2 amide bonds. The van der Waals surface area contributed by atoms with Crippen LogP contribution in [0.25, 0.3) is 0 Å². The van der Waals surface area contributed by atoms with Crippen LogP contribution < -0.4 is 15.4 Å². The normalized spacial score (nSPS) is 15.1. The number of anilines is 1. The second-order valence-corrected chi connectivity index (χ2v) is 8.57. The SMILES string of the molecule is COc1cccc(CCNC(=O)[C@@H]2CCCc3sc(NC(=O)c4ccccc4)nc32)c1. The number of fused-ring (bicyclic) bond motifs is 1. The van der Waals surface area contributed by atoms with Gasteiger partial charge in [-0.1, -0.05) is 30.3 Å². The number of ether oxygens (including phenoxy) is 1. The first-order chi connectivity index (χ1) is 15.1. The van der Waals surface area contributed by atoms with E-state index in [9.17, 15) is 9.59 Å². The second-order valence-electron chi connectivity index (χ2n) is 7.48. The minimum absolute atomic E-state index is 0.00455. The molecule has 31 heavy (non-hydrogen) atoms. The molecule has 6 nitrogen and oxygen atoms in total. The number of nitrogens with zero attached hydrogens (tertiary/aromatic N) is 1. The molecule has 0 saturated heterocycles. The van der Waals surface area contributed by atoms with Crippen molar-refractivity contribution in [2.24, 2.45) is 0 Å². The number of amides is 2. The van der Waals surface area contributed by atoms with Crippen molar-refractivity contribution >= 4 is 28.3 Å². The number of hydrogen-bond acceptors (Lipinski definition) is 5. The summed E-state index contributed by atoms with van der Waals surface area (Å²) in [5.41, 5.74) is 2.50. The first-order valence-corrected chi connectivity index (χ1v) is 11.2. The van der Waals surface area contributed by atoms with Crippen LogP contribution in [0.5, 0.6) is 5.75 Å². The van der Waals surface area contributed by atoms with Gasteiger partial charge in [0.15, 0.2) is 5.13 Å². The highest BCUT2D eigenvalue weighted by atomic mass is 32.1. The second kappa shape index (κ2) is 9.75. The number of hydrogen-bond donors (Lipinski definition) is 2. The molecule has 0 fully saturated rings. The first kappa shape index (κ1) is 21.1. The number of benzene rings is 2. The van der Waals surface area contributed by atoms with E-state index < -0.39 is 0 Å². The van der Waals surface area contributed by atoms with Crippen molar-refractivity contribution in [1.82, 2.24) is 10.3 Å². The lowest BCUT2D eigenvalue weighted by molar-refractivity contribution is -0.122. The molecule has 7 heteroatoms. The molecule has 0 aliphatic heterocycles. The van der Waals surface area contributed by atoms with Crippen LogP contribution in [0.1, 0.15) is 45.3 Å². The minimum atomic E-state index is -0.271. The summed E-state index contributed by atoms with van der Waals surface area (Å²) in [7, 11) is 1.64. The average Bonchev–Trinajstić information content (AvgIpc) is 3.22. The Hall–Kier alpha value is -3.19. The summed E-state index contributed by atoms with van der Waals surface area (Å²) in [6.07, 6.45) is 3.34. The number of methoxy groups -OCH3 is 1. The highest BCUT2D eigenvalue weighted by molar-refractivity contribution is 7.16. The smallest absolute Gasteiger partial charge is 0.257 e. The molecule has 2 aromatic carbocycles. The Morgan fingerprint density at radius 3 is 2.81 bits per heavy atom. The van der Waals surface area contributed by atoms with Crippen molar-refractivity contribution in [2.75, 3.05) is 19.0 Å². The molecule has 0 radical (unpaired) electrons. The molecule has 0 spiro atoms. The summed E-state index contributed by atoms with van der Waals surface area (Å²) in [6, 6.07) is 16.9. The summed E-state index contributed by atoms with van der Waals surface area (Å²) in [4.78, 5) is 31.0. The van der Waals surface area contributed by atoms with E-state index in [-0.39, 0.29) is 17.7 Å². The van der Waals surface area contributed by atoms with Gasteiger partial charge in [0, 0.05) is 17.0 Å². The van der Waals surface area contributed by atoms with Crippen LogP contribution in [0.2, 0.25) is 0 Å². The molecule has 0 unspecified atom stereocenters. The molecule has 1 heterocycles. The van der Waals surface area contributed by atoms with Crippen molar-refractivity contribution < 1.29 is 14.3 Å². The molecule has 0 saturated carbocycles. The maximum absolute atomic E-state index is 12.9. The van der Waals surface area contributed by atoms with Gasteiger partial charge in [0.25, 0.3) is 5.91 Å². The van der Waals surface area contributed by atoms with E-state index >= 15 is 0 Å². The number of thiazole rings is 1. The molecule has 160 valence electrons. The molecule has 1 atom stereocenters. The van der Waals surface area contributed by atoms with E-state index in [1.165, 1.54) is 11.3 Å². The largest absolute Gasteiger partial charge is 0.497 e. The van der Waals surface area contributed by atoms with Gasteiger partial charge in [-0.05, 0) is 55.5 Å². The topological polar surface area (TPSA) is 80.3 Å². The van der Waals surface area contributed by atoms with Crippen molar-refractivity contribution in [1.29, 1.82) is 0 Å². The van der Waals surface area contributed by atoms with Gasteiger partial charge < -0.3 is 10.1 Å². The van der Waals surface area contributed by atoms with Gasteiger partial charge in [0.05, 0.1) is 18.7 Å². The lowest BCUT2D eigenvalue weighted by Crippen LogP contribution is -2.32. The third kappa shape index (κ3) is 5.11. The fourth-order valence-electron chi connectivity index (χ4n) is 3.77. The van der Waals surface area contributed by atoms with Crippen molar-refractivity contribution in [3.63, 3.8) is 0 Å². The van der Waals surface area contributed by atoms with E-state index in [1.807, 2.05) is 42.5 Å². The summed E-state index contributed by atoms with van der Waals surface area (Å²) in [5.74, 6) is 0.349. The number of carbonyl (C=O) groups excluding carboxylic acids is 2. The van der Waals surface area contributed by atoms with Crippen LogP contribution in [0.4, 0.5) is 5.13 Å². The standard InChI is InChI=1S/C24H25N3O3S/c1-30-18-10-5-7-16(15-18)13-14-25-23(29)19-11-6-12-20-21(19)26-24(31-20)27-22(28)17-8-3-2-4-9-17/h2-5,7-10,15,19H,6,11-14H2,1H3,(H,25,29)(H,26,27,28)/t19-/m1/s1. The van der Waals surface area contributed by atoms with E-state index in [4.69, 9.17) is 4.74 Å². The van der Waals surface area contributed by atoms with Gasteiger partial charge in [0.1, 0.15) is 5.75 Å². The van der Waals surface area contributed by atoms with Crippen LogP contribution >= 0.6 is 11.3 Å². The van der Waals surface area contributed by atoms with Crippen LogP contribution in [0.3, 0.4) is 0 Å². The lowest BCUT2D eigenvalue weighted by atomic mass is 9.90. The Morgan fingerprint density at radius 1 is 1.16 bits per heavy atom. The number of aryl methyl sites for hydroxylation is 1. The Bertz CT molecular complexity index is 1060. The van der Waals surface area contributed by atoms with Crippen LogP contribution in [-0.2, 0) is 17.6 Å². The van der Waals surface area contributed by atoms with Gasteiger partial charge in [-0.15, -0.1) is 11.3 Å².